The largest absolute Gasteiger partial charge is 0.494 e. The fourth-order valence-corrected chi connectivity index (χ4v) is 3.63. The maximum Gasteiger partial charge on any atom is 0.256 e. The van der Waals surface area contributed by atoms with Gasteiger partial charge in [0.05, 0.1) is 17.7 Å². The lowest BCUT2D eigenvalue weighted by Gasteiger charge is -2.20. The van der Waals surface area contributed by atoms with Crippen molar-refractivity contribution < 1.29 is 9.53 Å². The number of hydrogen-bond acceptors (Lipinski definition) is 3. The monoisotopic (exact) mass is 346 g/mol. The van der Waals surface area contributed by atoms with E-state index in [1.54, 1.807) is 0 Å². The third-order valence-corrected chi connectivity index (χ3v) is 4.82. The number of carbonyl (C=O) groups excluding carboxylic acids is 1. The summed E-state index contributed by atoms with van der Waals surface area (Å²) in [6.45, 7) is 2.58. The van der Waals surface area contributed by atoms with Crippen molar-refractivity contribution in [1.82, 2.24) is 4.98 Å². The molecule has 0 bridgehead atoms. The summed E-state index contributed by atoms with van der Waals surface area (Å²) in [7, 11) is 0. The number of rotatable bonds is 4. The SMILES string of the molecule is CCOc1ccc(NC(=O)c2c3c(nc4ccccc24)CCCC3)cc1. The van der Waals surface area contributed by atoms with Crippen LogP contribution in [0.1, 0.15) is 41.4 Å². The summed E-state index contributed by atoms with van der Waals surface area (Å²) >= 11 is 0. The molecule has 0 fully saturated rings. The molecule has 3 aromatic rings. The maximum atomic E-state index is 13.1. The highest BCUT2D eigenvalue weighted by Crippen LogP contribution is 2.30. The number of carbonyl (C=O) groups is 1. The second-order valence-corrected chi connectivity index (χ2v) is 6.55. The number of aromatic nitrogens is 1. The van der Waals surface area contributed by atoms with Crippen LogP contribution < -0.4 is 10.1 Å². The van der Waals surface area contributed by atoms with E-state index in [0.29, 0.717) is 6.61 Å². The van der Waals surface area contributed by atoms with E-state index in [1.807, 2.05) is 55.5 Å². The van der Waals surface area contributed by atoms with Crippen LogP contribution in [-0.2, 0) is 12.8 Å². The van der Waals surface area contributed by atoms with Gasteiger partial charge in [0.2, 0.25) is 0 Å². The fourth-order valence-electron chi connectivity index (χ4n) is 3.63. The van der Waals surface area contributed by atoms with Gasteiger partial charge in [0.1, 0.15) is 5.75 Å². The van der Waals surface area contributed by atoms with Crippen LogP contribution in [0.25, 0.3) is 10.9 Å². The first-order chi connectivity index (χ1) is 12.8. The molecule has 4 nitrogen and oxygen atoms in total. The van der Waals surface area contributed by atoms with Crippen molar-refractivity contribution >= 4 is 22.5 Å². The van der Waals surface area contributed by atoms with Crippen molar-refractivity contribution in [3.05, 3.63) is 65.4 Å². The molecule has 26 heavy (non-hydrogen) atoms. The number of anilines is 1. The van der Waals surface area contributed by atoms with E-state index in [1.165, 1.54) is 0 Å². The standard InChI is InChI=1S/C22H22N2O2/c1-2-26-16-13-11-15(12-14-16)23-22(25)21-17-7-3-5-9-19(17)24-20-10-6-4-8-18(20)21/h3,5,7,9,11-14H,2,4,6,8,10H2,1H3,(H,23,25). The van der Waals surface area contributed by atoms with Crippen molar-refractivity contribution in [2.45, 2.75) is 32.6 Å². The molecule has 0 atom stereocenters. The number of para-hydroxylation sites is 1. The van der Waals surface area contributed by atoms with Gasteiger partial charge in [-0.25, -0.2) is 0 Å². The van der Waals surface area contributed by atoms with Crippen molar-refractivity contribution in [1.29, 1.82) is 0 Å². The number of benzene rings is 2. The summed E-state index contributed by atoms with van der Waals surface area (Å²) in [5.74, 6) is 0.739. The molecule has 4 heteroatoms. The zero-order valence-electron chi connectivity index (χ0n) is 14.9. The topological polar surface area (TPSA) is 51.2 Å². The van der Waals surface area contributed by atoms with Crippen LogP contribution >= 0.6 is 0 Å². The predicted molar refractivity (Wildman–Crippen MR) is 104 cm³/mol. The number of pyridine rings is 1. The lowest BCUT2D eigenvalue weighted by atomic mass is 9.89. The highest BCUT2D eigenvalue weighted by Gasteiger charge is 2.22. The molecule has 0 radical (unpaired) electrons. The molecule has 132 valence electrons. The van der Waals surface area contributed by atoms with Gasteiger partial charge in [-0.3, -0.25) is 9.78 Å². The molecule has 0 spiro atoms. The van der Waals surface area contributed by atoms with Gasteiger partial charge >= 0.3 is 0 Å². The Labute approximate surface area is 153 Å². The van der Waals surface area contributed by atoms with Crippen molar-refractivity contribution in [2.24, 2.45) is 0 Å². The Morgan fingerprint density at radius 1 is 1.08 bits per heavy atom. The number of aryl methyl sites for hydroxylation is 1. The van der Waals surface area contributed by atoms with E-state index in [4.69, 9.17) is 9.72 Å². The summed E-state index contributed by atoms with van der Waals surface area (Å²) in [6.07, 6.45) is 4.11. The van der Waals surface area contributed by atoms with E-state index in [0.717, 1.165) is 64.8 Å². The predicted octanol–water partition coefficient (Wildman–Crippen LogP) is 4.76. The molecular formula is C22H22N2O2. The Morgan fingerprint density at radius 3 is 2.65 bits per heavy atom. The van der Waals surface area contributed by atoms with Crippen LogP contribution in [0.15, 0.2) is 48.5 Å². The number of nitrogens with zero attached hydrogens (tertiary/aromatic N) is 1. The maximum absolute atomic E-state index is 13.1. The summed E-state index contributed by atoms with van der Waals surface area (Å²) in [4.78, 5) is 17.9. The van der Waals surface area contributed by atoms with E-state index in [9.17, 15) is 4.79 Å². The van der Waals surface area contributed by atoms with Crippen LogP contribution in [0.3, 0.4) is 0 Å². The van der Waals surface area contributed by atoms with Crippen molar-refractivity contribution in [2.75, 3.05) is 11.9 Å². The summed E-state index contributed by atoms with van der Waals surface area (Å²) in [5.41, 5.74) is 4.62. The average Bonchev–Trinajstić information content (AvgIpc) is 2.67. The number of fused-ring (bicyclic) bond motifs is 2. The lowest BCUT2D eigenvalue weighted by Crippen LogP contribution is -2.19. The number of nitrogens with one attached hydrogen (secondary N) is 1. The van der Waals surface area contributed by atoms with E-state index >= 15 is 0 Å². The van der Waals surface area contributed by atoms with E-state index < -0.39 is 0 Å². The third-order valence-electron chi connectivity index (χ3n) is 4.82. The van der Waals surface area contributed by atoms with Crippen molar-refractivity contribution in [3.63, 3.8) is 0 Å². The second-order valence-electron chi connectivity index (χ2n) is 6.55. The summed E-state index contributed by atoms with van der Waals surface area (Å²) in [6, 6.07) is 15.4. The molecule has 0 aliphatic heterocycles. The molecule has 1 N–H and O–H groups in total. The van der Waals surface area contributed by atoms with Gasteiger partial charge in [0.15, 0.2) is 0 Å². The van der Waals surface area contributed by atoms with Gasteiger partial charge in [-0.1, -0.05) is 18.2 Å². The van der Waals surface area contributed by atoms with Gasteiger partial charge in [0.25, 0.3) is 5.91 Å². The minimum absolute atomic E-state index is 0.0640. The molecule has 4 rings (SSSR count). The third kappa shape index (κ3) is 3.15. The minimum Gasteiger partial charge on any atom is -0.494 e. The Hall–Kier alpha value is -2.88. The van der Waals surface area contributed by atoms with Gasteiger partial charge in [-0.2, -0.15) is 0 Å². The molecule has 1 aliphatic rings. The lowest BCUT2D eigenvalue weighted by molar-refractivity contribution is 0.102. The number of hydrogen-bond donors (Lipinski definition) is 1. The van der Waals surface area contributed by atoms with Gasteiger partial charge in [-0.05, 0) is 68.5 Å². The molecule has 0 unspecified atom stereocenters. The second kappa shape index (κ2) is 7.16. The highest BCUT2D eigenvalue weighted by molar-refractivity contribution is 6.13. The van der Waals surface area contributed by atoms with Crippen LogP contribution in [0.5, 0.6) is 5.75 Å². The van der Waals surface area contributed by atoms with Crippen LogP contribution in [0, 0.1) is 0 Å². The fraction of sp³-hybridized carbons (Fsp3) is 0.273. The normalized spacial score (nSPS) is 13.3. The number of amides is 1. The highest BCUT2D eigenvalue weighted by atomic mass is 16.5. The Bertz CT molecular complexity index is 948. The average molecular weight is 346 g/mol. The first kappa shape index (κ1) is 16.6. The number of ether oxygens (including phenoxy) is 1. The van der Waals surface area contributed by atoms with Gasteiger partial charge in [-0.15, -0.1) is 0 Å². The minimum atomic E-state index is -0.0640. The van der Waals surface area contributed by atoms with Crippen molar-refractivity contribution in [3.8, 4) is 5.75 Å². The molecule has 1 amide bonds. The molecule has 0 saturated carbocycles. The molecule has 0 saturated heterocycles. The summed E-state index contributed by atoms with van der Waals surface area (Å²) in [5, 5.41) is 3.97. The molecular weight excluding hydrogens is 324 g/mol. The summed E-state index contributed by atoms with van der Waals surface area (Å²) < 4.78 is 5.46. The van der Waals surface area contributed by atoms with E-state index in [-0.39, 0.29) is 5.91 Å². The Balaban J connectivity index is 1.72. The van der Waals surface area contributed by atoms with E-state index in [2.05, 4.69) is 5.32 Å². The Morgan fingerprint density at radius 2 is 1.85 bits per heavy atom. The molecule has 2 aromatic carbocycles. The zero-order chi connectivity index (χ0) is 17.9. The molecule has 1 heterocycles. The van der Waals surface area contributed by atoms with Crippen LogP contribution in [0.2, 0.25) is 0 Å². The first-order valence-corrected chi connectivity index (χ1v) is 9.21. The Kier molecular flexibility index (Phi) is 4.57. The smallest absolute Gasteiger partial charge is 0.256 e. The zero-order valence-corrected chi connectivity index (χ0v) is 14.9. The quantitative estimate of drug-likeness (QED) is 0.741. The van der Waals surface area contributed by atoms with Crippen LogP contribution in [-0.4, -0.2) is 17.5 Å². The molecule has 1 aromatic heterocycles. The van der Waals surface area contributed by atoms with Gasteiger partial charge in [0, 0.05) is 16.8 Å². The first-order valence-electron chi connectivity index (χ1n) is 9.21. The van der Waals surface area contributed by atoms with Crippen LogP contribution in [0.4, 0.5) is 5.69 Å². The molecule has 1 aliphatic carbocycles. The van der Waals surface area contributed by atoms with Gasteiger partial charge < -0.3 is 10.1 Å².